The van der Waals surface area contributed by atoms with Crippen LogP contribution in [0.2, 0.25) is 0 Å². The molecule has 120 valence electrons. The van der Waals surface area contributed by atoms with Gasteiger partial charge in [-0.3, -0.25) is 9.59 Å². The van der Waals surface area contributed by atoms with E-state index in [1.807, 2.05) is 23.6 Å². The van der Waals surface area contributed by atoms with Gasteiger partial charge in [-0.1, -0.05) is 13.8 Å². The predicted octanol–water partition coefficient (Wildman–Crippen LogP) is 1.09. The molecule has 1 unspecified atom stereocenters. The van der Waals surface area contributed by atoms with Crippen LogP contribution in [0.1, 0.15) is 39.5 Å². The van der Waals surface area contributed by atoms with Crippen molar-refractivity contribution in [2.75, 3.05) is 39.3 Å². The summed E-state index contributed by atoms with van der Waals surface area (Å²) in [6, 6.07) is 0. The number of amides is 2. The molecule has 2 aliphatic rings. The van der Waals surface area contributed by atoms with Crippen LogP contribution in [-0.2, 0) is 9.59 Å². The maximum absolute atomic E-state index is 12.3. The van der Waals surface area contributed by atoms with E-state index in [4.69, 9.17) is 0 Å². The van der Waals surface area contributed by atoms with Crippen LogP contribution in [0.4, 0.5) is 0 Å². The molecule has 0 radical (unpaired) electrons. The molecule has 1 atom stereocenters. The van der Waals surface area contributed by atoms with Crippen LogP contribution in [0, 0.1) is 11.8 Å². The Bertz CT molecular complexity index is 357. The van der Waals surface area contributed by atoms with Gasteiger partial charge in [0.25, 0.3) is 0 Å². The molecule has 0 bridgehead atoms. The summed E-state index contributed by atoms with van der Waals surface area (Å²) in [6.45, 7) is 8.80. The number of hydrogen-bond acceptors (Lipinski definition) is 3. The number of piperidine rings is 1. The Balaban J connectivity index is 1.69. The van der Waals surface area contributed by atoms with Crippen molar-refractivity contribution in [3.63, 3.8) is 0 Å². The van der Waals surface area contributed by atoms with Crippen LogP contribution in [0.5, 0.6) is 0 Å². The highest BCUT2D eigenvalue weighted by Crippen LogP contribution is 2.17. The van der Waals surface area contributed by atoms with Gasteiger partial charge < -0.3 is 15.1 Å². The van der Waals surface area contributed by atoms with E-state index in [0.717, 1.165) is 19.5 Å². The van der Waals surface area contributed by atoms with Crippen molar-refractivity contribution in [1.29, 1.82) is 0 Å². The molecule has 5 heteroatoms. The summed E-state index contributed by atoms with van der Waals surface area (Å²) in [5, 5.41) is 3.40. The van der Waals surface area contributed by atoms with Gasteiger partial charge in [0.15, 0.2) is 0 Å². The summed E-state index contributed by atoms with van der Waals surface area (Å²) in [7, 11) is 0. The van der Waals surface area contributed by atoms with Gasteiger partial charge in [0.2, 0.25) is 11.8 Å². The molecule has 0 aliphatic carbocycles. The predicted molar refractivity (Wildman–Crippen MR) is 82.8 cm³/mol. The van der Waals surface area contributed by atoms with Gasteiger partial charge in [0.1, 0.15) is 0 Å². The Morgan fingerprint density at radius 1 is 1.14 bits per heavy atom. The first-order valence-corrected chi connectivity index (χ1v) is 8.35. The molecule has 21 heavy (non-hydrogen) atoms. The fraction of sp³-hybridized carbons (Fsp3) is 0.875. The van der Waals surface area contributed by atoms with Gasteiger partial charge in [-0.25, -0.2) is 0 Å². The van der Waals surface area contributed by atoms with Crippen LogP contribution in [0.15, 0.2) is 0 Å². The van der Waals surface area contributed by atoms with E-state index in [0.29, 0.717) is 38.5 Å². The SMILES string of the molecule is CC(C)C(=O)N1CCN(C(=O)CCC2CCCNC2)CC1. The summed E-state index contributed by atoms with van der Waals surface area (Å²) in [5.74, 6) is 1.17. The normalized spacial score (nSPS) is 23.5. The zero-order valence-electron chi connectivity index (χ0n) is 13.4. The first kappa shape index (κ1) is 16.3. The molecule has 2 heterocycles. The van der Waals surface area contributed by atoms with Crippen molar-refractivity contribution < 1.29 is 9.59 Å². The monoisotopic (exact) mass is 295 g/mol. The van der Waals surface area contributed by atoms with Gasteiger partial charge in [-0.05, 0) is 38.3 Å². The molecular weight excluding hydrogens is 266 g/mol. The van der Waals surface area contributed by atoms with E-state index in [1.54, 1.807) is 0 Å². The zero-order chi connectivity index (χ0) is 15.2. The minimum Gasteiger partial charge on any atom is -0.339 e. The molecule has 0 aromatic carbocycles. The third kappa shape index (κ3) is 4.70. The number of nitrogens with zero attached hydrogens (tertiary/aromatic N) is 2. The van der Waals surface area contributed by atoms with E-state index in [2.05, 4.69) is 5.32 Å². The topological polar surface area (TPSA) is 52.7 Å². The van der Waals surface area contributed by atoms with E-state index in [-0.39, 0.29) is 17.7 Å². The molecule has 0 aromatic rings. The Hall–Kier alpha value is -1.10. The fourth-order valence-corrected chi connectivity index (χ4v) is 3.20. The Morgan fingerprint density at radius 2 is 1.81 bits per heavy atom. The van der Waals surface area contributed by atoms with Crippen LogP contribution >= 0.6 is 0 Å². The highest BCUT2D eigenvalue weighted by atomic mass is 16.2. The van der Waals surface area contributed by atoms with E-state index in [1.165, 1.54) is 12.8 Å². The molecule has 2 saturated heterocycles. The summed E-state index contributed by atoms with van der Waals surface area (Å²) in [5.41, 5.74) is 0. The largest absolute Gasteiger partial charge is 0.339 e. The second-order valence-corrected chi connectivity index (χ2v) is 6.61. The molecule has 0 spiro atoms. The number of carbonyl (C=O) groups is 2. The molecule has 0 aromatic heterocycles. The lowest BCUT2D eigenvalue weighted by Gasteiger charge is -2.36. The van der Waals surface area contributed by atoms with Gasteiger partial charge in [-0.15, -0.1) is 0 Å². The van der Waals surface area contributed by atoms with E-state index in [9.17, 15) is 9.59 Å². The lowest BCUT2D eigenvalue weighted by molar-refractivity contribution is -0.141. The first-order chi connectivity index (χ1) is 10.1. The maximum atomic E-state index is 12.3. The van der Waals surface area contributed by atoms with Gasteiger partial charge >= 0.3 is 0 Å². The van der Waals surface area contributed by atoms with Crippen molar-refractivity contribution in [2.24, 2.45) is 11.8 Å². The lowest BCUT2D eigenvalue weighted by Crippen LogP contribution is -2.51. The summed E-state index contributed by atoms with van der Waals surface area (Å²) in [4.78, 5) is 28.0. The van der Waals surface area contributed by atoms with Crippen LogP contribution in [0.3, 0.4) is 0 Å². The van der Waals surface area contributed by atoms with Gasteiger partial charge in [-0.2, -0.15) is 0 Å². The smallest absolute Gasteiger partial charge is 0.225 e. The third-order valence-corrected chi connectivity index (χ3v) is 4.60. The standard InChI is InChI=1S/C16H29N3O2/c1-13(2)16(21)19-10-8-18(9-11-19)15(20)6-5-14-4-3-7-17-12-14/h13-14,17H,3-12H2,1-2H3. The summed E-state index contributed by atoms with van der Waals surface area (Å²) >= 11 is 0. The Morgan fingerprint density at radius 3 is 2.38 bits per heavy atom. The number of piperazine rings is 1. The Kier molecular flexibility index (Phi) is 6.03. The number of nitrogens with one attached hydrogen (secondary N) is 1. The van der Waals surface area contributed by atoms with Crippen molar-refractivity contribution in [3.05, 3.63) is 0 Å². The number of rotatable bonds is 4. The zero-order valence-corrected chi connectivity index (χ0v) is 13.4. The fourth-order valence-electron chi connectivity index (χ4n) is 3.20. The van der Waals surface area contributed by atoms with Crippen molar-refractivity contribution in [1.82, 2.24) is 15.1 Å². The van der Waals surface area contributed by atoms with Gasteiger partial charge in [0, 0.05) is 38.5 Å². The molecule has 1 N–H and O–H groups in total. The van der Waals surface area contributed by atoms with Crippen LogP contribution in [0.25, 0.3) is 0 Å². The van der Waals surface area contributed by atoms with Crippen molar-refractivity contribution >= 4 is 11.8 Å². The third-order valence-electron chi connectivity index (χ3n) is 4.60. The highest BCUT2D eigenvalue weighted by molar-refractivity contribution is 5.79. The molecule has 2 fully saturated rings. The summed E-state index contributed by atoms with van der Waals surface area (Å²) in [6.07, 6.45) is 4.13. The van der Waals surface area contributed by atoms with Crippen molar-refractivity contribution in [3.8, 4) is 0 Å². The number of hydrogen-bond donors (Lipinski definition) is 1. The Labute approximate surface area is 128 Å². The minimum absolute atomic E-state index is 0.0473. The molecule has 2 rings (SSSR count). The quantitative estimate of drug-likeness (QED) is 0.845. The average Bonchev–Trinajstić information content (AvgIpc) is 2.53. The lowest BCUT2D eigenvalue weighted by atomic mass is 9.94. The summed E-state index contributed by atoms with van der Waals surface area (Å²) < 4.78 is 0. The van der Waals surface area contributed by atoms with Gasteiger partial charge in [0.05, 0.1) is 0 Å². The first-order valence-electron chi connectivity index (χ1n) is 8.35. The molecule has 2 amide bonds. The minimum atomic E-state index is 0.0473. The molecule has 2 aliphatic heterocycles. The molecular formula is C16H29N3O2. The van der Waals surface area contributed by atoms with E-state index < -0.39 is 0 Å². The molecule has 0 saturated carbocycles. The van der Waals surface area contributed by atoms with E-state index >= 15 is 0 Å². The van der Waals surface area contributed by atoms with Crippen molar-refractivity contribution in [2.45, 2.75) is 39.5 Å². The number of carbonyl (C=O) groups excluding carboxylic acids is 2. The van der Waals surface area contributed by atoms with Crippen LogP contribution < -0.4 is 5.32 Å². The molecule has 5 nitrogen and oxygen atoms in total. The van der Waals surface area contributed by atoms with Crippen LogP contribution in [-0.4, -0.2) is 60.9 Å². The second kappa shape index (κ2) is 7.78. The average molecular weight is 295 g/mol. The highest BCUT2D eigenvalue weighted by Gasteiger charge is 2.25. The maximum Gasteiger partial charge on any atom is 0.225 e. The second-order valence-electron chi connectivity index (χ2n) is 6.61.